The summed E-state index contributed by atoms with van der Waals surface area (Å²) >= 11 is 0. The van der Waals surface area contributed by atoms with Crippen LogP contribution in [0.3, 0.4) is 0 Å². The van der Waals surface area contributed by atoms with E-state index in [9.17, 15) is 29.4 Å². The van der Waals surface area contributed by atoms with Crippen LogP contribution in [0.15, 0.2) is 72.8 Å². The van der Waals surface area contributed by atoms with Crippen molar-refractivity contribution in [2.24, 2.45) is 16.7 Å². The standard InChI is InChI=1S/C57H79N7O6/c1-36(58-9)49(67)35-46(56(3,4)5)54(69)61-27-15-17-40(61)33-44-42-19-11-13-21-47(42)63(29-31-65)50(44)38-23-25-39(26-24-38)51-45(43-20-12-14-22-48(43)64(51)30-32-66)34-41-18-16-28-62(41)55(70)52(57(6,7)8)60-53(68)37(2)59-10/h11-14,19-26,36-37,40-41,46,52,58-59,65-66H,15-18,27-35H2,1-10H3,(H,60,68)/t36-,37-,40-,41-,46+,52+/m0/s1. The third-order valence-electron chi connectivity index (χ3n) is 15.3. The Morgan fingerprint density at radius 1 is 0.629 bits per heavy atom. The van der Waals surface area contributed by atoms with Gasteiger partial charge in [-0.25, -0.2) is 0 Å². The summed E-state index contributed by atoms with van der Waals surface area (Å²) in [7, 11) is 3.51. The number of para-hydroxylation sites is 2. The highest BCUT2D eigenvalue weighted by Crippen LogP contribution is 2.42. The lowest BCUT2D eigenvalue weighted by Crippen LogP contribution is -2.58. The molecule has 0 saturated carbocycles. The van der Waals surface area contributed by atoms with Crippen LogP contribution in [-0.4, -0.2) is 123 Å². The van der Waals surface area contributed by atoms with Crippen molar-refractivity contribution in [3.05, 3.63) is 83.9 Å². The minimum Gasteiger partial charge on any atom is -0.395 e. The van der Waals surface area contributed by atoms with Gasteiger partial charge in [0.05, 0.1) is 36.7 Å². The van der Waals surface area contributed by atoms with E-state index < -0.39 is 28.8 Å². The van der Waals surface area contributed by atoms with Gasteiger partial charge in [0.15, 0.2) is 0 Å². The van der Waals surface area contributed by atoms with E-state index in [2.05, 4.69) is 94.4 Å². The minimum absolute atomic E-state index is 0.0373. The van der Waals surface area contributed by atoms with Gasteiger partial charge in [0.25, 0.3) is 0 Å². The summed E-state index contributed by atoms with van der Waals surface area (Å²) in [6.07, 6.45) is 4.83. The zero-order chi connectivity index (χ0) is 50.7. The quantitative estimate of drug-likeness (QED) is 0.0575. The Kier molecular flexibility index (Phi) is 16.5. The van der Waals surface area contributed by atoms with Crippen molar-refractivity contribution in [2.45, 2.75) is 144 Å². The second-order valence-corrected chi connectivity index (χ2v) is 22.0. The lowest BCUT2D eigenvalue weighted by Gasteiger charge is -2.36. The summed E-state index contributed by atoms with van der Waals surface area (Å²) in [4.78, 5) is 59.8. The minimum atomic E-state index is -0.703. The van der Waals surface area contributed by atoms with Crippen LogP contribution < -0.4 is 16.0 Å². The largest absolute Gasteiger partial charge is 0.395 e. The van der Waals surface area contributed by atoms with Gasteiger partial charge in [0.1, 0.15) is 11.8 Å². The average molecular weight is 958 g/mol. The molecule has 0 unspecified atom stereocenters. The monoisotopic (exact) mass is 958 g/mol. The smallest absolute Gasteiger partial charge is 0.245 e. The number of amides is 3. The van der Waals surface area contributed by atoms with Gasteiger partial charge in [-0.1, -0.05) is 102 Å². The Hall–Kier alpha value is -5.34. The first-order valence-corrected chi connectivity index (χ1v) is 25.7. The van der Waals surface area contributed by atoms with Crippen molar-refractivity contribution in [1.82, 2.24) is 34.9 Å². The van der Waals surface area contributed by atoms with Gasteiger partial charge in [0.2, 0.25) is 17.7 Å². The molecule has 2 aliphatic heterocycles. The topological polar surface area (TPSA) is 161 Å². The van der Waals surface area contributed by atoms with Crippen LogP contribution >= 0.6 is 0 Å². The van der Waals surface area contributed by atoms with Crippen LogP contribution in [0.4, 0.5) is 0 Å². The lowest BCUT2D eigenvalue weighted by atomic mass is 9.76. The van der Waals surface area contributed by atoms with Crippen LogP contribution in [0, 0.1) is 16.7 Å². The predicted molar refractivity (Wildman–Crippen MR) is 280 cm³/mol. The second-order valence-electron chi connectivity index (χ2n) is 22.0. The number of hydrogen-bond acceptors (Lipinski definition) is 8. The number of fused-ring (bicyclic) bond motifs is 2. The number of ketones is 1. The van der Waals surface area contributed by atoms with Crippen LogP contribution in [0.1, 0.15) is 98.6 Å². The van der Waals surface area contributed by atoms with E-state index >= 15 is 0 Å². The molecule has 0 radical (unpaired) electrons. The molecular formula is C57H79N7O6. The zero-order valence-corrected chi connectivity index (χ0v) is 43.4. The van der Waals surface area contributed by atoms with Crippen LogP contribution in [0.25, 0.3) is 44.3 Å². The third kappa shape index (κ3) is 10.8. The normalized spacial score (nSPS) is 18.4. The fourth-order valence-electron chi connectivity index (χ4n) is 11.1. The maximum Gasteiger partial charge on any atom is 0.245 e. The number of nitrogens with zero attached hydrogens (tertiary/aromatic N) is 4. The number of aliphatic hydroxyl groups excluding tert-OH is 2. The molecule has 13 heteroatoms. The van der Waals surface area contributed by atoms with Crippen LogP contribution in [0.5, 0.6) is 0 Å². The number of carbonyl (C=O) groups excluding carboxylic acids is 4. The van der Waals surface area contributed by atoms with E-state index in [1.165, 1.54) is 0 Å². The molecule has 6 atom stereocenters. The summed E-state index contributed by atoms with van der Waals surface area (Å²) in [5.41, 5.74) is 7.31. The second kappa shape index (κ2) is 22.0. The molecule has 13 nitrogen and oxygen atoms in total. The molecule has 0 bridgehead atoms. The van der Waals surface area contributed by atoms with Crippen LogP contribution in [0.2, 0.25) is 0 Å². The molecule has 4 heterocycles. The Morgan fingerprint density at radius 3 is 1.49 bits per heavy atom. The Morgan fingerprint density at radius 2 is 1.07 bits per heavy atom. The molecule has 70 heavy (non-hydrogen) atoms. The number of carbonyl (C=O) groups is 4. The third-order valence-corrected chi connectivity index (χ3v) is 15.3. The molecule has 5 aromatic rings. The first kappa shape index (κ1) is 52.5. The van der Waals surface area contributed by atoms with E-state index in [-0.39, 0.29) is 61.3 Å². The molecule has 7 rings (SSSR count). The summed E-state index contributed by atoms with van der Waals surface area (Å²) in [5, 5.41) is 32.4. The molecule has 0 aliphatic carbocycles. The molecule has 3 aromatic carbocycles. The van der Waals surface area contributed by atoms with E-state index in [1.807, 2.05) is 61.8 Å². The van der Waals surface area contributed by atoms with Crippen molar-refractivity contribution in [2.75, 3.05) is 40.4 Å². The molecule has 2 fully saturated rings. The number of likely N-dealkylation sites (tertiary alicyclic amines) is 2. The van der Waals surface area contributed by atoms with Crippen molar-refractivity contribution < 1.29 is 29.4 Å². The van der Waals surface area contributed by atoms with Crippen molar-refractivity contribution in [3.8, 4) is 22.5 Å². The molecule has 5 N–H and O–H groups in total. The first-order valence-electron chi connectivity index (χ1n) is 25.7. The lowest BCUT2D eigenvalue weighted by molar-refractivity contribution is -0.143. The van der Waals surface area contributed by atoms with Gasteiger partial charge >= 0.3 is 0 Å². The highest BCUT2D eigenvalue weighted by molar-refractivity contribution is 5.95. The summed E-state index contributed by atoms with van der Waals surface area (Å²) in [5.74, 6) is -0.661. The highest BCUT2D eigenvalue weighted by Gasteiger charge is 2.42. The number of likely N-dealkylation sites (N-methyl/N-ethyl adjacent to an activating group) is 2. The summed E-state index contributed by atoms with van der Waals surface area (Å²) in [6.45, 7) is 17.7. The zero-order valence-electron chi connectivity index (χ0n) is 43.4. The molecule has 3 amide bonds. The van der Waals surface area contributed by atoms with Gasteiger partial charge in [-0.15, -0.1) is 0 Å². The number of nitrogens with one attached hydrogen (secondary N) is 3. The Bertz CT molecular complexity index is 2470. The number of Topliss-reactive ketones (excluding diaryl/α,β-unsaturated/α-hetero) is 1. The van der Waals surface area contributed by atoms with Gasteiger partial charge < -0.3 is 45.1 Å². The van der Waals surface area contributed by atoms with E-state index in [4.69, 9.17) is 0 Å². The van der Waals surface area contributed by atoms with Crippen LogP contribution in [-0.2, 0) is 45.1 Å². The fraction of sp³-hybridized carbons (Fsp3) is 0.544. The fourth-order valence-corrected chi connectivity index (χ4v) is 11.1. The summed E-state index contributed by atoms with van der Waals surface area (Å²) < 4.78 is 4.42. The number of hydrogen-bond donors (Lipinski definition) is 5. The molecule has 2 aromatic heterocycles. The SMILES string of the molecule is CN[C@@H](C)C(=O)C[C@H](C(=O)N1CCC[C@H]1Cc1c(-c2ccc(-c3c(C[C@@H]4CCCN4C(=O)[C@@H](NC(=O)[C@H](C)NC)C(C)(C)C)c4ccccc4n3CCO)cc2)n(CCO)c2ccccc12)C(C)(C)C. The number of rotatable bonds is 19. The molecular weight excluding hydrogens is 879 g/mol. The summed E-state index contributed by atoms with van der Waals surface area (Å²) in [6, 6.07) is 23.6. The van der Waals surface area contributed by atoms with Gasteiger partial charge in [-0.2, -0.15) is 0 Å². The van der Waals surface area contributed by atoms with Crippen molar-refractivity contribution in [3.63, 3.8) is 0 Å². The maximum absolute atomic E-state index is 14.7. The first-order chi connectivity index (χ1) is 33.3. The van der Waals surface area contributed by atoms with Gasteiger partial charge in [-0.3, -0.25) is 19.2 Å². The molecule has 2 aliphatic rings. The van der Waals surface area contributed by atoms with E-state index in [0.717, 1.165) is 81.1 Å². The number of benzene rings is 3. The van der Waals surface area contributed by atoms with Gasteiger partial charge in [-0.05, 0) is 112 Å². The van der Waals surface area contributed by atoms with E-state index in [1.54, 1.807) is 21.0 Å². The van der Waals surface area contributed by atoms with E-state index in [0.29, 0.717) is 39.0 Å². The van der Waals surface area contributed by atoms with Gasteiger partial charge in [0, 0.05) is 72.4 Å². The molecule has 0 spiro atoms. The Labute approximate surface area is 415 Å². The number of aromatic nitrogens is 2. The highest BCUT2D eigenvalue weighted by atomic mass is 16.3. The predicted octanol–water partition coefficient (Wildman–Crippen LogP) is 7.35. The number of aliphatic hydroxyl groups is 2. The average Bonchev–Trinajstić information content (AvgIpc) is 4.14. The molecule has 2 saturated heterocycles. The van der Waals surface area contributed by atoms with Crippen molar-refractivity contribution >= 4 is 45.3 Å². The van der Waals surface area contributed by atoms with Crippen molar-refractivity contribution in [1.29, 1.82) is 0 Å². The molecule has 378 valence electrons. The maximum atomic E-state index is 14.7. The Balaban J connectivity index is 1.27.